The van der Waals surface area contributed by atoms with E-state index in [1.807, 2.05) is 18.2 Å². The Morgan fingerprint density at radius 2 is 2.38 bits per heavy atom. The van der Waals surface area contributed by atoms with Gasteiger partial charge in [-0.2, -0.15) is 0 Å². The Morgan fingerprint density at radius 1 is 1.56 bits per heavy atom. The molecule has 0 aliphatic carbocycles. The number of hydrogen-bond donors (Lipinski definition) is 0. The van der Waals surface area contributed by atoms with Crippen LogP contribution >= 0.6 is 27.5 Å². The highest BCUT2D eigenvalue weighted by molar-refractivity contribution is 9.09. The van der Waals surface area contributed by atoms with Gasteiger partial charge in [-0.15, -0.1) is 0 Å². The van der Waals surface area contributed by atoms with Gasteiger partial charge < -0.3 is 9.47 Å². The largest absolute Gasteiger partial charge is 0.495 e. The molecular weight excluding hydrogens is 291 g/mol. The minimum absolute atomic E-state index is 0.207. The Balaban J connectivity index is 2.16. The molecule has 1 aliphatic rings. The summed E-state index contributed by atoms with van der Waals surface area (Å²) in [5, 5.41) is 0.641. The predicted molar refractivity (Wildman–Crippen MR) is 68.6 cm³/mol. The zero-order valence-corrected chi connectivity index (χ0v) is 11.4. The van der Waals surface area contributed by atoms with Crippen molar-refractivity contribution < 1.29 is 9.47 Å². The molecule has 4 heteroatoms. The van der Waals surface area contributed by atoms with Crippen LogP contribution in [0.2, 0.25) is 5.02 Å². The summed E-state index contributed by atoms with van der Waals surface area (Å²) in [6.07, 6.45) is 2.49. The van der Waals surface area contributed by atoms with Crippen LogP contribution in [0.25, 0.3) is 0 Å². The molecule has 2 atom stereocenters. The van der Waals surface area contributed by atoms with E-state index >= 15 is 0 Å². The average Bonchev–Trinajstić information content (AvgIpc) is 2.81. The van der Waals surface area contributed by atoms with Crippen molar-refractivity contribution in [1.82, 2.24) is 0 Å². The van der Waals surface area contributed by atoms with Crippen molar-refractivity contribution in [3.8, 4) is 5.75 Å². The molecular formula is C12H14BrClO2. The van der Waals surface area contributed by atoms with Crippen molar-refractivity contribution in [3.05, 3.63) is 28.8 Å². The van der Waals surface area contributed by atoms with Gasteiger partial charge in [-0.05, 0) is 30.5 Å². The maximum atomic E-state index is 6.09. The molecule has 1 fully saturated rings. The number of rotatable bonds is 3. The molecule has 88 valence electrons. The topological polar surface area (TPSA) is 18.5 Å². The molecule has 16 heavy (non-hydrogen) atoms. The van der Waals surface area contributed by atoms with E-state index in [0.29, 0.717) is 10.8 Å². The van der Waals surface area contributed by atoms with E-state index in [0.717, 1.165) is 25.0 Å². The maximum absolute atomic E-state index is 6.09. The summed E-state index contributed by atoms with van der Waals surface area (Å²) in [6, 6.07) is 5.84. The van der Waals surface area contributed by atoms with E-state index in [2.05, 4.69) is 15.9 Å². The second kappa shape index (κ2) is 5.39. The van der Waals surface area contributed by atoms with Gasteiger partial charge >= 0.3 is 0 Å². The average molecular weight is 306 g/mol. The van der Waals surface area contributed by atoms with Gasteiger partial charge in [-0.3, -0.25) is 0 Å². The van der Waals surface area contributed by atoms with E-state index in [4.69, 9.17) is 21.1 Å². The van der Waals surface area contributed by atoms with Crippen LogP contribution in [-0.2, 0) is 4.74 Å². The van der Waals surface area contributed by atoms with Crippen LogP contribution < -0.4 is 4.74 Å². The molecule has 0 radical (unpaired) electrons. The van der Waals surface area contributed by atoms with Crippen LogP contribution in [0.5, 0.6) is 5.75 Å². The van der Waals surface area contributed by atoms with Crippen LogP contribution in [-0.4, -0.2) is 19.8 Å². The third-order valence-corrected chi connectivity index (χ3v) is 4.20. The fourth-order valence-corrected chi connectivity index (χ4v) is 2.87. The molecule has 0 aromatic heterocycles. The van der Waals surface area contributed by atoms with Crippen LogP contribution in [0.15, 0.2) is 18.2 Å². The molecule has 1 aromatic carbocycles. The molecule has 0 N–H and O–H groups in total. The highest BCUT2D eigenvalue weighted by atomic mass is 79.9. The van der Waals surface area contributed by atoms with Gasteiger partial charge in [0.15, 0.2) is 0 Å². The fraction of sp³-hybridized carbons (Fsp3) is 0.500. The Kier molecular flexibility index (Phi) is 4.11. The Morgan fingerprint density at radius 3 is 2.94 bits per heavy atom. The van der Waals surface area contributed by atoms with Crippen LogP contribution in [0.4, 0.5) is 0 Å². The molecule has 2 unspecified atom stereocenters. The Labute approximate surface area is 109 Å². The summed E-state index contributed by atoms with van der Waals surface area (Å²) >= 11 is 9.76. The third kappa shape index (κ3) is 2.53. The smallest absolute Gasteiger partial charge is 0.137 e. The maximum Gasteiger partial charge on any atom is 0.137 e. The highest BCUT2D eigenvalue weighted by Gasteiger charge is 2.25. The number of methoxy groups -OCH3 is 1. The first kappa shape index (κ1) is 12.2. The molecule has 0 amide bonds. The summed E-state index contributed by atoms with van der Waals surface area (Å²) < 4.78 is 10.8. The second-order valence-electron chi connectivity index (χ2n) is 3.85. The van der Waals surface area contributed by atoms with Crippen molar-refractivity contribution in [2.75, 3.05) is 13.7 Å². The van der Waals surface area contributed by atoms with E-state index in [9.17, 15) is 0 Å². The molecule has 1 aromatic rings. The molecule has 1 aliphatic heterocycles. The minimum atomic E-state index is 0.207. The SMILES string of the molecule is COc1ccc(C(Br)C2CCCO2)cc1Cl. The van der Waals surface area contributed by atoms with Gasteiger partial charge in [0.2, 0.25) is 0 Å². The minimum Gasteiger partial charge on any atom is -0.495 e. The van der Waals surface area contributed by atoms with E-state index in [-0.39, 0.29) is 10.9 Å². The lowest BCUT2D eigenvalue weighted by molar-refractivity contribution is 0.110. The predicted octanol–water partition coefficient (Wildman–Crippen LogP) is 3.96. The molecule has 2 nitrogen and oxygen atoms in total. The number of hydrogen-bond acceptors (Lipinski definition) is 2. The summed E-state index contributed by atoms with van der Waals surface area (Å²) in [5.41, 5.74) is 1.14. The van der Waals surface area contributed by atoms with Gasteiger partial charge in [0.1, 0.15) is 5.75 Å². The molecule has 0 bridgehead atoms. The van der Waals surface area contributed by atoms with Crippen LogP contribution in [0.1, 0.15) is 23.2 Å². The summed E-state index contributed by atoms with van der Waals surface area (Å²) in [4.78, 5) is 0.207. The van der Waals surface area contributed by atoms with Crippen molar-refractivity contribution >= 4 is 27.5 Å². The summed E-state index contributed by atoms with van der Waals surface area (Å²) in [5.74, 6) is 0.706. The van der Waals surface area contributed by atoms with Crippen molar-refractivity contribution in [1.29, 1.82) is 0 Å². The first-order valence-corrected chi connectivity index (χ1v) is 6.61. The fourth-order valence-electron chi connectivity index (χ4n) is 1.90. The number of benzene rings is 1. The number of halogens is 2. The first-order chi connectivity index (χ1) is 7.72. The van der Waals surface area contributed by atoms with E-state index < -0.39 is 0 Å². The number of ether oxygens (including phenoxy) is 2. The second-order valence-corrected chi connectivity index (χ2v) is 5.24. The Hall–Kier alpha value is -0.250. The van der Waals surface area contributed by atoms with Crippen molar-refractivity contribution in [2.24, 2.45) is 0 Å². The molecule has 1 heterocycles. The van der Waals surface area contributed by atoms with Gasteiger partial charge in [0.25, 0.3) is 0 Å². The molecule has 2 rings (SSSR count). The lowest BCUT2D eigenvalue weighted by Crippen LogP contribution is -2.12. The standard InChI is InChI=1S/C12H14BrClO2/c1-15-10-5-4-8(7-9(10)14)12(13)11-3-2-6-16-11/h4-5,7,11-12H,2-3,6H2,1H3. The van der Waals surface area contributed by atoms with E-state index in [1.165, 1.54) is 0 Å². The van der Waals surface area contributed by atoms with Gasteiger partial charge in [0.05, 0.1) is 23.1 Å². The van der Waals surface area contributed by atoms with Gasteiger partial charge in [-0.25, -0.2) is 0 Å². The summed E-state index contributed by atoms with van der Waals surface area (Å²) in [7, 11) is 1.62. The number of alkyl halides is 1. The third-order valence-electron chi connectivity index (χ3n) is 2.79. The van der Waals surface area contributed by atoms with E-state index in [1.54, 1.807) is 7.11 Å². The molecule has 1 saturated heterocycles. The molecule has 0 saturated carbocycles. The zero-order chi connectivity index (χ0) is 11.5. The summed E-state index contributed by atoms with van der Waals surface area (Å²) in [6.45, 7) is 0.858. The van der Waals surface area contributed by atoms with Crippen LogP contribution in [0, 0.1) is 0 Å². The first-order valence-electron chi connectivity index (χ1n) is 5.31. The van der Waals surface area contributed by atoms with Gasteiger partial charge in [-0.1, -0.05) is 33.6 Å². The highest BCUT2D eigenvalue weighted by Crippen LogP contribution is 2.36. The van der Waals surface area contributed by atoms with Crippen LogP contribution in [0.3, 0.4) is 0 Å². The van der Waals surface area contributed by atoms with Gasteiger partial charge in [0, 0.05) is 6.61 Å². The lowest BCUT2D eigenvalue weighted by atomic mass is 10.1. The quantitative estimate of drug-likeness (QED) is 0.787. The lowest BCUT2D eigenvalue weighted by Gasteiger charge is -2.18. The zero-order valence-electron chi connectivity index (χ0n) is 9.08. The normalized spacial score (nSPS) is 22.1. The monoisotopic (exact) mass is 304 g/mol. The van der Waals surface area contributed by atoms with Crippen molar-refractivity contribution in [3.63, 3.8) is 0 Å². The van der Waals surface area contributed by atoms with Crippen molar-refractivity contribution in [2.45, 2.75) is 23.8 Å². The molecule has 0 spiro atoms. The Bertz CT molecular complexity index is 364.